The van der Waals surface area contributed by atoms with Crippen LogP contribution in [0.2, 0.25) is 0 Å². The number of alkyl halides is 9. The Morgan fingerprint density at radius 2 is 1.24 bits per heavy atom. The number of rotatable bonds is 17. The highest BCUT2D eigenvalue weighted by Crippen LogP contribution is 2.38. The summed E-state index contributed by atoms with van der Waals surface area (Å²) in [4.78, 5) is 98.9. The number of imide groups is 1. The third-order valence-corrected chi connectivity index (χ3v) is 9.90. The molecule has 0 aromatic heterocycles. The quantitative estimate of drug-likeness (QED) is 0.0471. The van der Waals surface area contributed by atoms with E-state index in [-0.39, 0.29) is 30.2 Å². The number of nitrogens with one attached hydrogen (secondary N) is 4. The van der Waals surface area contributed by atoms with E-state index >= 15 is 0 Å². The number of carbonyl (C=O) groups is 8. The molecule has 1 saturated heterocycles. The number of para-hydroxylation sites is 3. The Bertz CT molecular complexity index is 2130. The number of benzene rings is 2. The highest BCUT2D eigenvalue weighted by Gasteiger charge is 2.40. The number of carbonyl (C=O) groups excluding carboxylic acids is 5. The molecule has 0 radical (unpaired) electrons. The number of aliphatic carboxylic acids is 3. The van der Waals surface area contributed by atoms with E-state index in [0.717, 1.165) is 38.8 Å². The van der Waals surface area contributed by atoms with Crippen LogP contribution in [0.4, 0.5) is 56.6 Å². The van der Waals surface area contributed by atoms with Crippen molar-refractivity contribution in [2.45, 2.75) is 88.9 Å². The van der Waals surface area contributed by atoms with Gasteiger partial charge in [0.25, 0.3) is 5.91 Å². The van der Waals surface area contributed by atoms with Crippen molar-refractivity contribution in [2.75, 3.05) is 49.5 Å². The van der Waals surface area contributed by atoms with Crippen molar-refractivity contribution < 1.29 is 93.2 Å². The number of fused-ring (bicyclic) bond motifs is 2. The zero-order valence-corrected chi connectivity index (χ0v) is 38.3. The fraction of sp³-hybridized carbons (Fsp3) is 0.500. The summed E-state index contributed by atoms with van der Waals surface area (Å²) >= 11 is 0. The molecule has 0 aliphatic carbocycles. The molecule has 2 aliphatic rings. The van der Waals surface area contributed by atoms with Crippen molar-refractivity contribution >= 4 is 70.5 Å². The van der Waals surface area contributed by atoms with Gasteiger partial charge in [0.1, 0.15) is 6.04 Å². The summed E-state index contributed by atoms with van der Waals surface area (Å²) in [7, 11) is 0. The fourth-order valence-corrected chi connectivity index (χ4v) is 6.55. The lowest BCUT2D eigenvalue weighted by molar-refractivity contribution is -0.193. The van der Waals surface area contributed by atoms with Gasteiger partial charge < -0.3 is 48.5 Å². The van der Waals surface area contributed by atoms with Gasteiger partial charge in [0.05, 0.1) is 35.2 Å². The van der Waals surface area contributed by atoms with E-state index in [9.17, 15) is 63.5 Å². The van der Waals surface area contributed by atoms with E-state index in [0.29, 0.717) is 73.9 Å². The SMILES string of the molecule is CC(=O)N[C@H](CCCN)C(=O)NC(=O)[C@H](CCCN=C(N)N)NCCCC1CCN(CC(=O)N2c3ccccc3NC(=O)c3ccccc32)CC1.O=C(O)C(F)(F)F.O=C(O)C(F)(F)F.O=C(O)C(F)(F)F. The number of piperidine rings is 1. The van der Waals surface area contributed by atoms with Gasteiger partial charge in [-0.15, -0.1) is 0 Å². The molecule has 72 heavy (non-hydrogen) atoms. The van der Waals surface area contributed by atoms with Crippen molar-refractivity contribution in [1.82, 2.24) is 20.9 Å². The number of nitrogens with zero attached hydrogens (tertiary/aromatic N) is 3. The molecule has 402 valence electrons. The van der Waals surface area contributed by atoms with Crippen LogP contribution in [0.5, 0.6) is 0 Å². The Morgan fingerprint density at radius 3 is 1.74 bits per heavy atom. The van der Waals surface area contributed by atoms with E-state index in [1.807, 2.05) is 24.3 Å². The number of aliphatic imine (C=N–C) groups is 1. The summed E-state index contributed by atoms with van der Waals surface area (Å²) in [5.74, 6) is -9.58. The van der Waals surface area contributed by atoms with Crippen LogP contribution in [0.3, 0.4) is 0 Å². The highest BCUT2D eigenvalue weighted by molar-refractivity contribution is 6.18. The van der Waals surface area contributed by atoms with E-state index in [1.165, 1.54) is 6.92 Å². The van der Waals surface area contributed by atoms with Crippen molar-refractivity contribution in [2.24, 2.45) is 28.1 Å². The Morgan fingerprint density at radius 1 is 0.750 bits per heavy atom. The number of carboxylic acids is 3. The average molecular weight is 1050 g/mol. The first-order valence-electron chi connectivity index (χ1n) is 21.5. The minimum Gasteiger partial charge on any atom is -0.475 e. The zero-order chi connectivity index (χ0) is 55.0. The first kappa shape index (κ1) is 62.9. The topological polar surface area (TPSA) is 342 Å². The number of likely N-dealkylation sites (tertiary alicyclic amines) is 1. The maximum atomic E-state index is 13.8. The van der Waals surface area contributed by atoms with E-state index in [1.54, 1.807) is 29.2 Å². The summed E-state index contributed by atoms with van der Waals surface area (Å²) in [6.45, 7) is 4.36. The lowest BCUT2D eigenvalue weighted by atomic mass is 9.92. The van der Waals surface area contributed by atoms with Crippen molar-refractivity contribution in [3.63, 3.8) is 0 Å². The summed E-state index contributed by atoms with van der Waals surface area (Å²) in [5.41, 5.74) is 18.7. The first-order valence-corrected chi connectivity index (χ1v) is 21.5. The molecule has 2 aromatic carbocycles. The number of hydrogen-bond donors (Lipinski definition) is 10. The third-order valence-electron chi connectivity index (χ3n) is 9.90. The van der Waals surface area contributed by atoms with Crippen LogP contribution in [-0.2, 0) is 33.6 Å². The molecule has 4 rings (SSSR count). The second-order valence-corrected chi connectivity index (χ2v) is 15.5. The van der Waals surface area contributed by atoms with E-state index < -0.39 is 60.3 Å². The lowest BCUT2D eigenvalue weighted by Gasteiger charge is -2.33. The predicted molar refractivity (Wildman–Crippen MR) is 238 cm³/mol. The van der Waals surface area contributed by atoms with Crippen molar-refractivity contribution in [3.8, 4) is 0 Å². The Balaban J connectivity index is 0.00000103. The average Bonchev–Trinajstić information content (AvgIpc) is 3.40. The third kappa shape index (κ3) is 23.7. The molecule has 0 unspecified atom stereocenters. The minimum absolute atomic E-state index is 0.0287. The van der Waals surface area contributed by atoms with Gasteiger partial charge in [-0.25, -0.2) is 14.4 Å². The molecular formula is C42H55F9N10O11. The molecule has 0 saturated carbocycles. The molecule has 30 heteroatoms. The number of guanidine groups is 1. The number of halogens is 9. The van der Waals surface area contributed by atoms with Gasteiger partial charge in [0.15, 0.2) is 5.96 Å². The summed E-state index contributed by atoms with van der Waals surface area (Å²) in [5, 5.41) is 32.7. The lowest BCUT2D eigenvalue weighted by Crippen LogP contribution is -2.53. The number of amides is 5. The van der Waals surface area contributed by atoms with Gasteiger partial charge >= 0.3 is 36.4 Å². The smallest absolute Gasteiger partial charge is 0.475 e. The Kier molecular flexibility index (Phi) is 26.2. The molecule has 1 fully saturated rings. The minimum atomic E-state index is -5.08. The van der Waals surface area contributed by atoms with E-state index in [2.05, 4.69) is 31.2 Å². The molecular weight excluding hydrogens is 992 g/mol. The fourth-order valence-electron chi connectivity index (χ4n) is 6.55. The zero-order valence-electron chi connectivity index (χ0n) is 38.3. The normalized spacial score (nSPS) is 14.4. The largest absolute Gasteiger partial charge is 0.490 e. The number of carboxylic acid groups (broad SMARTS) is 3. The first-order chi connectivity index (χ1) is 33.4. The second-order valence-electron chi connectivity index (χ2n) is 15.5. The number of hydrogen-bond acceptors (Lipinski definition) is 12. The molecule has 2 heterocycles. The van der Waals surface area contributed by atoms with Crippen LogP contribution < -0.4 is 43.4 Å². The molecule has 2 atom stereocenters. The maximum Gasteiger partial charge on any atom is 0.490 e. The second kappa shape index (κ2) is 29.9. The molecule has 0 spiro atoms. The van der Waals surface area contributed by atoms with Crippen LogP contribution in [0, 0.1) is 5.92 Å². The number of anilines is 3. The predicted octanol–water partition coefficient (Wildman–Crippen LogP) is 3.21. The van der Waals surface area contributed by atoms with Crippen LogP contribution in [0.25, 0.3) is 0 Å². The van der Waals surface area contributed by atoms with E-state index in [4.69, 9.17) is 46.9 Å². The van der Waals surface area contributed by atoms with Crippen molar-refractivity contribution in [1.29, 1.82) is 0 Å². The van der Waals surface area contributed by atoms with Crippen LogP contribution >= 0.6 is 0 Å². The highest BCUT2D eigenvalue weighted by atomic mass is 19.4. The molecule has 0 bridgehead atoms. The maximum absolute atomic E-state index is 13.8. The van der Waals surface area contributed by atoms with Gasteiger partial charge in [-0.1, -0.05) is 24.3 Å². The molecule has 5 amide bonds. The molecule has 2 aliphatic heterocycles. The summed E-state index contributed by atoms with van der Waals surface area (Å²) in [6, 6.07) is 13.0. The number of nitrogens with two attached hydrogens (primary N) is 3. The summed E-state index contributed by atoms with van der Waals surface area (Å²) < 4.78 is 95.2. The Hall–Kier alpha value is -7.08. The Labute approximate surface area is 404 Å². The van der Waals surface area contributed by atoms with Crippen LogP contribution in [0.1, 0.15) is 68.6 Å². The van der Waals surface area contributed by atoms with Crippen molar-refractivity contribution in [3.05, 3.63) is 54.1 Å². The van der Waals surface area contributed by atoms with Gasteiger partial charge in [-0.05, 0) is 108 Å². The standard InChI is InChI=1S/C36H52N10O5.3C2HF3O2/c1-24(47)42-29(12-6-18-37)35(51)44-34(50)28(13-8-20-41-36(38)39)40-19-7-9-25-16-21-45(22-17-25)23-32(48)46-30-14-4-2-10-26(30)33(49)43-27-11-3-5-15-31(27)46;3*3-2(4,5)1(6)7/h2-5,10-11,14-15,25,28-29,40H,6-9,12-13,16-23,37H2,1H3,(H,42,47)(H,43,49)(H4,38,39,41)(H,44,50,51);3*(H,6,7)/t28-,29+;;;/m0.../s1. The van der Waals surface area contributed by atoms with Gasteiger partial charge in [0, 0.05) is 13.5 Å². The summed E-state index contributed by atoms with van der Waals surface area (Å²) in [6.07, 6.45) is -9.84. The molecule has 21 nitrogen and oxygen atoms in total. The van der Waals surface area contributed by atoms with Gasteiger partial charge in [-0.2, -0.15) is 39.5 Å². The monoisotopic (exact) mass is 1050 g/mol. The molecule has 13 N–H and O–H groups in total. The van der Waals surface area contributed by atoms with Crippen LogP contribution in [-0.4, -0.2) is 144 Å². The van der Waals surface area contributed by atoms with Crippen LogP contribution in [0.15, 0.2) is 53.5 Å². The van der Waals surface area contributed by atoms with Gasteiger partial charge in [-0.3, -0.25) is 44.1 Å². The van der Waals surface area contributed by atoms with Gasteiger partial charge in [0.2, 0.25) is 23.6 Å². The molecule has 2 aromatic rings.